The predicted molar refractivity (Wildman–Crippen MR) is 148 cm³/mol. The van der Waals surface area contributed by atoms with Gasteiger partial charge in [0.25, 0.3) is 5.91 Å². The van der Waals surface area contributed by atoms with E-state index in [9.17, 15) is 9.59 Å². The molecule has 0 spiro atoms. The van der Waals surface area contributed by atoms with E-state index in [0.717, 1.165) is 44.7 Å². The first-order valence-electron chi connectivity index (χ1n) is 13.3. The van der Waals surface area contributed by atoms with Crippen molar-refractivity contribution >= 4 is 23.2 Å². The Kier molecular flexibility index (Phi) is 8.34. The third-order valence-corrected chi connectivity index (χ3v) is 8.32. The van der Waals surface area contributed by atoms with Crippen LogP contribution in [0.4, 0.5) is 0 Å². The Morgan fingerprint density at radius 2 is 1.78 bits per heavy atom. The van der Waals surface area contributed by atoms with Crippen molar-refractivity contribution in [1.29, 1.82) is 0 Å². The standard InChI is InChI=1S/C30H36N4O2S/c1-23-10-12-25(13-11-23)29(35)34-21-26(19-28(34)30(36)32-16-6-14-31-15-17-32)33(22-27-9-5-18-37-27)20-24-7-3-2-4-8-24/h2-5,7-13,18,26,28,31H,6,14-17,19-22H2,1H3. The monoisotopic (exact) mass is 516 g/mol. The van der Waals surface area contributed by atoms with E-state index in [4.69, 9.17) is 0 Å². The Hall–Kier alpha value is -3.00. The zero-order valence-corrected chi connectivity index (χ0v) is 22.3. The number of hydrogen-bond donors (Lipinski definition) is 1. The van der Waals surface area contributed by atoms with E-state index in [1.54, 1.807) is 11.3 Å². The summed E-state index contributed by atoms with van der Waals surface area (Å²) in [7, 11) is 0. The molecule has 0 saturated carbocycles. The summed E-state index contributed by atoms with van der Waals surface area (Å²) >= 11 is 1.75. The fourth-order valence-corrected chi connectivity index (χ4v) is 6.14. The van der Waals surface area contributed by atoms with Crippen LogP contribution in [0.5, 0.6) is 0 Å². The van der Waals surface area contributed by atoms with Crippen LogP contribution in [-0.2, 0) is 17.9 Å². The fraction of sp³-hybridized carbons (Fsp3) is 0.400. The summed E-state index contributed by atoms with van der Waals surface area (Å²) in [5.41, 5.74) is 3.00. The molecule has 3 heterocycles. The minimum Gasteiger partial charge on any atom is -0.340 e. The molecular formula is C30H36N4O2S. The summed E-state index contributed by atoms with van der Waals surface area (Å²) in [5.74, 6) is 0.0343. The summed E-state index contributed by atoms with van der Waals surface area (Å²) < 4.78 is 0. The van der Waals surface area contributed by atoms with Gasteiger partial charge in [0.2, 0.25) is 5.91 Å². The smallest absolute Gasteiger partial charge is 0.254 e. The summed E-state index contributed by atoms with van der Waals surface area (Å²) in [5, 5.41) is 5.49. The van der Waals surface area contributed by atoms with Crippen molar-refractivity contribution in [3.05, 3.63) is 93.7 Å². The fourth-order valence-electron chi connectivity index (χ4n) is 5.41. The Bertz CT molecular complexity index is 1160. The maximum absolute atomic E-state index is 13.9. The van der Waals surface area contributed by atoms with Gasteiger partial charge in [-0.2, -0.15) is 0 Å². The van der Waals surface area contributed by atoms with E-state index >= 15 is 0 Å². The van der Waals surface area contributed by atoms with Gasteiger partial charge in [0.1, 0.15) is 6.04 Å². The zero-order chi connectivity index (χ0) is 25.6. The molecule has 0 aliphatic carbocycles. The molecule has 0 bridgehead atoms. The molecule has 1 aromatic heterocycles. The molecule has 37 heavy (non-hydrogen) atoms. The number of hydrogen-bond acceptors (Lipinski definition) is 5. The van der Waals surface area contributed by atoms with Crippen LogP contribution in [0.15, 0.2) is 72.1 Å². The highest BCUT2D eigenvalue weighted by Gasteiger charge is 2.43. The molecule has 2 amide bonds. The highest BCUT2D eigenvalue weighted by molar-refractivity contribution is 7.09. The number of benzene rings is 2. The second-order valence-electron chi connectivity index (χ2n) is 10.1. The molecule has 0 radical (unpaired) electrons. The van der Waals surface area contributed by atoms with Crippen molar-refractivity contribution in [2.45, 2.75) is 44.9 Å². The third kappa shape index (κ3) is 6.29. The quantitative estimate of drug-likeness (QED) is 0.512. The number of amides is 2. The second kappa shape index (κ2) is 12.0. The number of carbonyl (C=O) groups excluding carboxylic acids is 2. The number of likely N-dealkylation sites (tertiary alicyclic amines) is 1. The maximum atomic E-state index is 13.9. The molecular weight excluding hydrogens is 480 g/mol. The first-order valence-corrected chi connectivity index (χ1v) is 14.1. The van der Waals surface area contributed by atoms with Crippen LogP contribution in [0.3, 0.4) is 0 Å². The first kappa shape index (κ1) is 25.6. The molecule has 2 aliphatic rings. The van der Waals surface area contributed by atoms with Crippen molar-refractivity contribution in [3.63, 3.8) is 0 Å². The summed E-state index contributed by atoms with van der Waals surface area (Å²) in [6.07, 6.45) is 1.59. The van der Waals surface area contributed by atoms with Gasteiger partial charge in [-0.1, -0.05) is 54.1 Å². The highest BCUT2D eigenvalue weighted by Crippen LogP contribution is 2.29. The molecule has 2 atom stereocenters. The van der Waals surface area contributed by atoms with Crippen LogP contribution in [-0.4, -0.2) is 71.3 Å². The molecule has 2 aromatic carbocycles. The lowest BCUT2D eigenvalue weighted by molar-refractivity contribution is -0.135. The third-order valence-electron chi connectivity index (χ3n) is 7.46. The van der Waals surface area contributed by atoms with E-state index in [0.29, 0.717) is 25.1 Å². The van der Waals surface area contributed by atoms with Crippen molar-refractivity contribution in [2.75, 3.05) is 32.7 Å². The van der Waals surface area contributed by atoms with Crippen molar-refractivity contribution in [1.82, 2.24) is 20.0 Å². The minimum absolute atomic E-state index is 0.0513. The van der Waals surface area contributed by atoms with Crippen molar-refractivity contribution in [2.24, 2.45) is 0 Å². The van der Waals surface area contributed by atoms with E-state index in [-0.39, 0.29) is 17.9 Å². The summed E-state index contributed by atoms with van der Waals surface area (Å²) in [6, 6.07) is 22.1. The van der Waals surface area contributed by atoms with Gasteiger partial charge in [-0.25, -0.2) is 0 Å². The number of nitrogens with zero attached hydrogens (tertiary/aromatic N) is 3. The lowest BCUT2D eigenvalue weighted by Gasteiger charge is -2.29. The van der Waals surface area contributed by atoms with Crippen LogP contribution in [0.1, 0.15) is 39.2 Å². The molecule has 2 saturated heterocycles. The largest absolute Gasteiger partial charge is 0.340 e. The first-order chi connectivity index (χ1) is 18.1. The van der Waals surface area contributed by atoms with Crippen molar-refractivity contribution < 1.29 is 9.59 Å². The van der Waals surface area contributed by atoms with E-state index in [2.05, 4.69) is 52.0 Å². The summed E-state index contributed by atoms with van der Waals surface area (Å²) in [4.78, 5) is 35.2. The Morgan fingerprint density at radius 3 is 2.54 bits per heavy atom. The second-order valence-corrected chi connectivity index (χ2v) is 11.2. The van der Waals surface area contributed by atoms with Gasteiger partial charge < -0.3 is 15.1 Å². The van der Waals surface area contributed by atoms with Crippen molar-refractivity contribution in [3.8, 4) is 0 Å². The predicted octanol–water partition coefficient (Wildman–Crippen LogP) is 4.16. The Labute approximate surface area is 223 Å². The topological polar surface area (TPSA) is 55.9 Å². The summed E-state index contributed by atoms with van der Waals surface area (Å²) in [6.45, 7) is 7.31. The van der Waals surface area contributed by atoms with Gasteiger partial charge in [-0.05, 0) is 55.5 Å². The Morgan fingerprint density at radius 1 is 0.973 bits per heavy atom. The van der Waals surface area contributed by atoms with Crippen LogP contribution in [0.2, 0.25) is 0 Å². The molecule has 2 unspecified atom stereocenters. The maximum Gasteiger partial charge on any atom is 0.254 e. The van der Waals surface area contributed by atoms with Gasteiger partial charge in [-0.3, -0.25) is 14.5 Å². The molecule has 7 heteroatoms. The molecule has 1 N–H and O–H groups in total. The number of carbonyl (C=O) groups is 2. The average Bonchev–Trinajstić information content (AvgIpc) is 3.52. The van der Waals surface area contributed by atoms with Crippen LogP contribution < -0.4 is 5.32 Å². The van der Waals surface area contributed by atoms with Gasteiger partial charge in [0, 0.05) is 55.8 Å². The molecule has 5 rings (SSSR count). The van der Waals surface area contributed by atoms with Crippen LogP contribution in [0, 0.1) is 6.92 Å². The van der Waals surface area contributed by atoms with Gasteiger partial charge in [-0.15, -0.1) is 11.3 Å². The average molecular weight is 517 g/mol. The van der Waals surface area contributed by atoms with E-state index < -0.39 is 6.04 Å². The zero-order valence-electron chi connectivity index (χ0n) is 21.5. The molecule has 6 nitrogen and oxygen atoms in total. The van der Waals surface area contributed by atoms with Crippen LogP contribution in [0.25, 0.3) is 0 Å². The highest BCUT2D eigenvalue weighted by atomic mass is 32.1. The minimum atomic E-state index is -0.446. The molecule has 2 fully saturated rings. The lowest BCUT2D eigenvalue weighted by atomic mass is 10.1. The van der Waals surface area contributed by atoms with Gasteiger partial charge >= 0.3 is 0 Å². The molecule has 3 aromatic rings. The number of nitrogens with one attached hydrogen (secondary N) is 1. The number of aryl methyl sites for hydroxylation is 1. The normalized spacial score (nSPS) is 20.3. The SMILES string of the molecule is Cc1ccc(C(=O)N2CC(N(Cc3ccccc3)Cc3cccs3)CC2C(=O)N2CCCNCC2)cc1. The van der Waals surface area contributed by atoms with E-state index in [1.807, 2.05) is 47.1 Å². The number of thiophene rings is 1. The number of rotatable bonds is 7. The van der Waals surface area contributed by atoms with Crippen LogP contribution >= 0.6 is 11.3 Å². The Balaban J connectivity index is 1.43. The lowest BCUT2D eigenvalue weighted by Crippen LogP contribution is -2.48. The van der Waals surface area contributed by atoms with Gasteiger partial charge in [0.15, 0.2) is 0 Å². The molecule has 2 aliphatic heterocycles. The van der Waals surface area contributed by atoms with Gasteiger partial charge in [0.05, 0.1) is 0 Å². The van der Waals surface area contributed by atoms with E-state index in [1.165, 1.54) is 10.4 Å². The molecule has 194 valence electrons.